The maximum Gasteiger partial charge on any atom is 0.234 e. The van der Waals surface area contributed by atoms with Crippen LogP contribution >= 0.6 is 11.6 Å². The first-order chi connectivity index (χ1) is 19.3. The molecule has 9 heteroatoms. The third kappa shape index (κ3) is 5.10. The number of rotatable bonds is 8. The highest BCUT2D eigenvalue weighted by Crippen LogP contribution is 2.40. The highest BCUT2D eigenvalue weighted by molar-refractivity contribution is 6.31. The summed E-state index contributed by atoms with van der Waals surface area (Å²) in [5.74, 6) is 1.24. The van der Waals surface area contributed by atoms with Gasteiger partial charge < -0.3 is 20.3 Å². The molecule has 3 heterocycles. The zero-order chi connectivity index (χ0) is 27.9. The predicted molar refractivity (Wildman–Crippen MR) is 160 cm³/mol. The molecule has 0 radical (unpaired) electrons. The van der Waals surface area contributed by atoms with Gasteiger partial charge in [-0.2, -0.15) is 0 Å². The third-order valence-electron chi connectivity index (χ3n) is 8.74. The number of nitrogens with zero attached hydrogens (tertiary/aromatic N) is 4. The van der Waals surface area contributed by atoms with Crippen LogP contribution < -0.4 is 20.3 Å². The number of aryl methyl sites for hydroxylation is 2. The minimum Gasteiger partial charge on any atom is -0.494 e. The molecular formula is C31H37ClN6O2. The molecule has 2 aliphatic heterocycles. The third-order valence-corrected chi connectivity index (χ3v) is 9.06. The lowest BCUT2D eigenvalue weighted by Gasteiger charge is -2.43. The van der Waals surface area contributed by atoms with Crippen LogP contribution in [0.2, 0.25) is 5.02 Å². The first kappa shape index (κ1) is 26.8. The van der Waals surface area contributed by atoms with Crippen molar-refractivity contribution in [3.05, 3.63) is 64.4 Å². The van der Waals surface area contributed by atoms with Gasteiger partial charge in [0.15, 0.2) is 0 Å². The number of halogens is 1. The maximum atomic E-state index is 12.5. The van der Waals surface area contributed by atoms with E-state index < -0.39 is 5.41 Å². The fourth-order valence-electron chi connectivity index (χ4n) is 6.13. The number of piperazine rings is 1. The Kier molecular flexibility index (Phi) is 7.31. The summed E-state index contributed by atoms with van der Waals surface area (Å²) in [6.07, 6.45) is 7.06. The Labute approximate surface area is 241 Å². The van der Waals surface area contributed by atoms with Gasteiger partial charge in [-0.05, 0) is 68.9 Å². The number of methoxy groups -OCH3 is 1. The summed E-state index contributed by atoms with van der Waals surface area (Å²) in [7, 11) is 1.69. The molecule has 0 bridgehead atoms. The van der Waals surface area contributed by atoms with Gasteiger partial charge in [0.05, 0.1) is 35.1 Å². The first-order valence-corrected chi connectivity index (χ1v) is 14.6. The SMILES string of the molecule is COc1cc(N2CCN(C3CCC3)CC2)ccc1Nc1ncc(Cl)c(CCc2cccc3c2C(C)(C)C(=O)N3)n1. The number of ether oxygens (including phenoxy) is 1. The molecule has 0 atom stereocenters. The predicted octanol–water partition coefficient (Wildman–Crippen LogP) is 5.57. The van der Waals surface area contributed by atoms with Crippen LogP contribution in [0.15, 0.2) is 42.6 Å². The van der Waals surface area contributed by atoms with Crippen molar-refractivity contribution in [2.75, 3.05) is 48.8 Å². The van der Waals surface area contributed by atoms with E-state index in [2.05, 4.69) is 43.6 Å². The fourth-order valence-corrected chi connectivity index (χ4v) is 6.32. The summed E-state index contributed by atoms with van der Waals surface area (Å²) in [4.78, 5) is 26.7. The molecule has 2 aromatic carbocycles. The molecule has 3 aliphatic rings. The summed E-state index contributed by atoms with van der Waals surface area (Å²) >= 11 is 6.52. The van der Waals surface area contributed by atoms with E-state index in [-0.39, 0.29) is 5.91 Å². The van der Waals surface area contributed by atoms with Crippen LogP contribution in [0.5, 0.6) is 5.75 Å². The average molecular weight is 561 g/mol. The van der Waals surface area contributed by atoms with Gasteiger partial charge in [0.1, 0.15) is 5.75 Å². The van der Waals surface area contributed by atoms with E-state index in [9.17, 15) is 4.79 Å². The van der Waals surface area contributed by atoms with Crippen molar-refractivity contribution >= 4 is 40.5 Å². The van der Waals surface area contributed by atoms with E-state index in [0.29, 0.717) is 23.8 Å². The van der Waals surface area contributed by atoms with Gasteiger partial charge >= 0.3 is 0 Å². The number of aromatic nitrogens is 2. The Morgan fingerprint density at radius 2 is 1.93 bits per heavy atom. The molecule has 3 aromatic rings. The quantitative estimate of drug-likeness (QED) is 0.372. The monoisotopic (exact) mass is 560 g/mol. The van der Waals surface area contributed by atoms with Crippen molar-refractivity contribution in [3.63, 3.8) is 0 Å². The number of anilines is 4. The van der Waals surface area contributed by atoms with Crippen molar-refractivity contribution in [2.24, 2.45) is 0 Å². The highest BCUT2D eigenvalue weighted by Gasteiger charge is 2.39. The number of fused-ring (bicyclic) bond motifs is 1. The lowest BCUT2D eigenvalue weighted by Crippen LogP contribution is -2.52. The molecule has 1 amide bonds. The average Bonchev–Trinajstić information content (AvgIpc) is 3.16. The molecule has 1 saturated heterocycles. The van der Waals surface area contributed by atoms with E-state index in [1.807, 2.05) is 32.0 Å². The highest BCUT2D eigenvalue weighted by atomic mass is 35.5. The summed E-state index contributed by atoms with van der Waals surface area (Å²) < 4.78 is 5.75. The Bertz CT molecular complexity index is 1410. The molecule has 40 heavy (non-hydrogen) atoms. The van der Waals surface area contributed by atoms with Crippen molar-refractivity contribution in [2.45, 2.75) is 57.4 Å². The number of benzene rings is 2. The Morgan fingerprint density at radius 1 is 1.12 bits per heavy atom. The van der Waals surface area contributed by atoms with E-state index in [1.165, 1.54) is 24.9 Å². The standard InChI is InChI=1S/C31H37ClN6O2/c1-31(2)28-20(6-4-9-26(28)34-29(31)39)10-12-24-23(32)19-33-30(35-24)36-25-13-11-22(18-27(25)40-3)38-16-14-37(15-17-38)21-7-5-8-21/h4,6,9,11,13,18-19,21H,5,7-8,10,12,14-17H2,1-3H3,(H,34,39)(H,33,35,36). The number of carbonyl (C=O) groups excluding carboxylic acids is 1. The number of nitrogens with one attached hydrogen (secondary N) is 2. The van der Waals surface area contributed by atoms with Gasteiger partial charge in [0.2, 0.25) is 11.9 Å². The number of carbonyl (C=O) groups is 1. The van der Waals surface area contributed by atoms with Gasteiger partial charge in [0.25, 0.3) is 0 Å². The fraction of sp³-hybridized carbons (Fsp3) is 0.452. The number of amides is 1. The van der Waals surface area contributed by atoms with Crippen LogP contribution in [0.25, 0.3) is 0 Å². The van der Waals surface area contributed by atoms with E-state index in [4.69, 9.17) is 21.3 Å². The van der Waals surface area contributed by atoms with Crippen molar-refractivity contribution in [1.29, 1.82) is 0 Å². The topological polar surface area (TPSA) is 82.6 Å². The van der Waals surface area contributed by atoms with Crippen LogP contribution in [0.1, 0.15) is 49.9 Å². The molecule has 2 N–H and O–H groups in total. The number of hydrogen-bond donors (Lipinski definition) is 2. The van der Waals surface area contributed by atoms with E-state index in [0.717, 1.165) is 66.2 Å². The second kappa shape index (κ2) is 10.9. The van der Waals surface area contributed by atoms with Crippen LogP contribution in [-0.2, 0) is 23.1 Å². The second-order valence-corrected chi connectivity index (χ2v) is 11.9. The summed E-state index contributed by atoms with van der Waals surface area (Å²) in [5.41, 5.74) is 5.22. The van der Waals surface area contributed by atoms with Gasteiger partial charge in [-0.3, -0.25) is 9.69 Å². The molecule has 1 aromatic heterocycles. The lowest BCUT2D eigenvalue weighted by atomic mass is 9.82. The largest absolute Gasteiger partial charge is 0.494 e. The Balaban J connectivity index is 1.14. The zero-order valence-electron chi connectivity index (χ0n) is 23.5. The number of hydrogen-bond acceptors (Lipinski definition) is 7. The Morgan fingerprint density at radius 3 is 2.65 bits per heavy atom. The molecular weight excluding hydrogens is 524 g/mol. The molecule has 210 valence electrons. The summed E-state index contributed by atoms with van der Waals surface area (Å²) in [6.45, 7) is 8.22. The van der Waals surface area contributed by atoms with Crippen LogP contribution in [-0.4, -0.2) is 60.1 Å². The van der Waals surface area contributed by atoms with E-state index in [1.54, 1.807) is 13.3 Å². The smallest absolute Gasteiger partial charge is 0.234 e. The molecule has 8 nitrogen and oxygen atoms in total. The van der Waals surface area contributed by atoms with Crippen LogP contribution in [0.3, 0.4) is 0 Å². The minimum atomic E-state index is -0.568. The van der Waals surface area contributed by atoms with Gasteiger partial charge in [-0.15, -0.1) is 0 Å². The molecule has 2 fully saturated rings. The normalized spacial score (nSPS) is 18.7. The maximum absolute atomic E-state index is 12.5. The summed E-state index contributed by atoms with van der Waals surface area (Å²) in [5, 5.41) is 6.86. The summed E-state index contributed by atoms with van der Waals surface area (Å²) in [6, 6.07) is 13.1. The van der Waals surface area contributed by atoms with Gasteiger partial charge in [0, 0.05) is 49.7 Å². The Hall–Kier alpha value is -3.36. The van der Waals surface area contributed by atoms with Crippen molar-refractivity contribution < 1.29 is 9.53 Å². The van der Waals surface area contributed by atoms with Crippen molar-refractivity contribution in [3.8, 4) is 5.75 Å². The minimum absolute atomic E-state index is 0.0254. The lowest BCUT2D eigenvalue weighted by molar-refractivity contribution is -0.119. The van der Waals surface area contributed by atoms with E-state index >= 15 is 0 Å². The first-order valence-electron chi connectivity index (χ1n) is 14.2. The van der Waals surface area contributed by atoms with Gasteiger partial charge in [-0.1, -0.05) is 30.2 Å². The van der Waals surface area contributed by atoms with Crippen LogP contribution in [0.4, 0.5) is 23.0 Å². The second-order valence-electron chi connectivity index (χ2n) is 11.5. The van der Waals surface area contributed by atoms with Gasteiger partial charge in [-0.25, -0.2) is 9.97 Å². The molecule has 0 spiro atoms. The molecule has 1 aliphatic carbocycles. The van der Waals surface area contributed by atoms with Crippen molar-refractivity contribution in [1.82, 2.24) is 14.9 Å². The van der Waals surface area contributed by atoms with Crippen LogP contribution in [0, 0.1) is 0 Å². The molecule has 6 rings (SSSR count). The molecule has 1 saturated carbocycles. The molecule has 0 unspecified atom stereocenters. The zero-order valence-corrected chi connectivity index (χ0v) is 24.2.